The summed E-state index contributed by atoms with van der Waals surface area (Å²) in [6.07, 6.45) is 3.38. The van der Waals surface area contributed by atoms with E-state index in [9.17, 15) is 4.79 Å². The van der Waals surface area contributed by atoms with Crippen molar-refractivity contribution in [1.29, 1.82) is 0 Å². The molecule has 0 aliphatic carbocycles. The van der Waals surface area contributed by atoms with Gasteiger partial charge in [0.1, 0.15) is 18.4 Å². The number of aliphatic carboxylic acids is 1. The van der Waals surface area contributed by atoms with Crippen molar-refractivity contribution >= 4 is 5.97 Å². The third-order valence-corrected chi connectivity index (χ3v) is 2.60. The Hall–Kier alpha value is -2.24. The van der Waals surface area contributed by atoms with E-state index in [-0.39, 0.29) is 6.42 Å². The molecule has 1 N–H and O–H groups in total. The first kappa shape index (κ1) is 12.2. The van der Waals surface area contributed by atoms with Crippen LogP contribution < -0.4 is 4.68 Å². The number of carbonyl (C=O) groups is 1. The molecule has 0 aliphatic heterocycles. The molecule has 94 valence electrons. The van der Waals surface area contributed by atoms with Gasteiger partial charge in [-0.15, -0.1) is 0 Å². The highest BCUT2D eigenvalue weighted by molar-refractivity contribution is 5.66. The van der Waals surface area contributed by atoms with Crippen LogP contribution in [0.1, 0.15) is 17.9 Å². The van der Waals surface area contributed by atoms with Gasteiger partial charge in [0.2, 0.25) is 5.89 Å². The Kier molecular flexibility index (Phi) is 3.36. The van der Waals surface area contributed by atoms with Gasteiger partial charge in [-0.25, -0.2) is 4.98 Å². The van der Waals surface area contributed by atoms with Crippen LogP contribution in [0, 0.1) is 13.8 Å². The summed E-state index contributed by atoms with van der Waals surface area (Å²) in [4.78, 5) is 14.7. The molecular formula is C12H14N3O3+. The van der Waals surface area contributed by atoms with Gasteiger partial charge >= 0.3 is 5.97 Å². The molecule has 2 heterocycles. The van der Waals surface area contributed by atoms with Gasteiger partial charge in [-0.3, -0.25) is 4.79 Å². The van der Waals surface area contributed by atoms with Crippen molar-refractivity contribution in [3.05, 3.63) is 29.9 Å². The van der Waals surface area contributed by atoms with E-state index in [0.717, 1.165) is 17.0 Å². The molecule has 6 nitrogen and oxygen atoms in total. The number of nitrogens with zero attached hydrogens (tertiary/aromatic N) is 3. The minimum absolute atomic E-state index is 0.0498. The first-order valence-corrected chi connectivity index (χ1v) is 5.58. The lowest BCUT2D eigenvalue weighted by atomic mass is 10.3. The molecule has 6 heteroatoms. The molecular weight excluding hydrogens is 234 g/mol. The summed E-state index contributed by atoms with van der Waals surface area (Å²) < 4.78 is 7.05. The molecule has 2 aromatic rings. The van der Waals surface area contributed by atoms with Crippen LogP contribution >= 0.6 is 0 Å². The summed E-state index contributed by atoms with van der Waals surface area (Å²) in [5, 5.41) is 12.7. The SMILES string of the molecule is Cc1nc(-c2cc[n+](CCC(=O)O)nc2)oc1C. The Morgan fingerprint density at radius 2 is 2.28 bits per heavy atom. The van der Waals surface area contributed by atoms with E-state index >= 15 is 0 Å². The third-order valence-electron chi connectivity index (χ3n) is 2.60. The molecule has 18 heavy (non-hydrogen) atoms. The van der Waals surface area contributed by atoms with Gasteiger partial charge in [-0.1, -0.05) is 4.68 Å². The molecule has 0 fully saturated rings. The fraction of sp³-hybridized carbons (Fsp3) is 0.333. The van der Waals surface area contributed by atoms with Crippen molar-refractivity contribution in [2.45, 2.75) is 26.8 Å². The Balaban J connectivity index is 2.14. The van der Waals surface area contributed by atoms with Crippen LogP contribution in [-0.2, 0) is 11.3 Å². The molecule has 2 aromatic heterocycles. The molecule has 0 amide bonds. The topological polar surface area (TPSA) is 80.1 Å². The van der Waals surface area contributed by atoms with Crippen LogP contribution in [0.5, 0.6) is 0 Å². The van der Waals surface area contributed by atoms with E-state index < -0.39 is 5.97 Å². The van der Waals surface area contributed by atoms with Gasteiger partial charge in [0.15, 0.2) is 12.7 Å². The molecule has 2 rings (SSSR count). The average Bonchev–Trinajstić information content (AvgIpc) is 2.68. The van der Waals surface area contributed by atoms with E-state index in [0.29, 0.717) is 12.4 Å². The van der Waals surface area contributed by atoms with E-state index in [1.807, 2.05) is 13.8 Å². The first-order valence-electron chi connectivity index (χ1n) is 5.58. The second-order valence-electron chi connectivity index (χ2n) is 3.98. The summed E-state index contributed by atoms with van der Waals surface area (Å²) in [6.45, 7) is 4.08. The largest absolute Gasteiger partial charge is 0.481 e. The average molecular weight is 248 g/mol. The molecule has 0 radical (unpaired) electrons. The first-order chi connectivity index (χ1) is 8.56. The van der Waals surface area contributed by atoms with E-state index in [2.05, 4.69) is 10.1 Å². The van der Waals surface area contributed by atoms with Gasteiger partial charge in [0.05, 0.1) is 11.3 Å². The van der Waals surface area contributed by atoms with Gasteiger partial charge < -0.3 is 9.52 Å². The minimum atomic E-state index is -0.840. The van der Waals surface area contributed by atoms with E-state index in [1.54, 1.807) is 23.1 Å². The van der Waals surface area contributed by atoms with Crippen LogP contribution in [0.15, 0.2) is 22.9 Å². The van der Waals surface area contributed by atoms with Crippen molar-refractivity contribution in [2.75, 3.05) is 0 Å². The Morgan fingerprint density at radius 1 is 1.50 bits per heavy atom. The number of rotatable bonds is 4. The Bertz CT molecular complexity index is 541. The number of oxazole rings is 1. The molecule has 0 aromatic carbocycles. The Labute approximate surface area is 104 Å². The molecule has 0 aliphatic rings. The maximum atomic E-state index is 10.4. The maximum Gasteiger partial charge on any atom is 0.309 e. The second kappa shape index (κ2) is 4.95. The number of hydrogen-bond donors (Lipinski definition) is 1. The van der Waals surface area contributed by atoms with Crippen LogP contribution in [0.4, 0.5) is 0 Å². The van der Waals surface area contributed by atoms with Gasteiger partial charge in [-0.2, -0.15) is 0 Å². The van der Waals surface area contributed by atoms with Gasteiger partial charge in [0.25, 0.3) is 0 Å². The summed E-state index contributed by atoms with van der Waals surface area (Å²) in [7, 11) is 0. The lowest BCUT2D eigenvalue weighted by Gasteiger charge is -1.94. The Morgan fingerprint density at radius 3 is 2.78 bits per heavy atom. The highest BCUT2D eigenvalue weighted by Crippen LogP contribution is 2.19. The van der Waals surface area contributed by atoms with Crippen LogP contribution in [0.25, 0.3) is 11.5 Å². The maximum absolute atomic E-state index is 10.4. The normalized spacial score (nSPS) is 10.6. The highest BCUT2D eigenvalue weighted by Gasteiger charge is 2.11. The van der Waals surface area contributed by atoms with Crippen molar-refractivity contribution in [1.82, 2.24) is 10.1 Å². The number of carboxylic acids is 1. The summed E-state index contributed by atoms with van der Waals surface area (Å²) in [5.74, 6) is 0.475. The quantitative estimate of drug-likeness (QED) is 0.820. The van der Waals surface area contributed by atoms with Crippen molar-refractivity contribution in [3.63, 3.8) is 0 Å². The predicted molar refractivity (Wildman–Crippen MR) is 61.7 cm³/mol. The predicted octanol–water partition coefficient (Wildman–Crippen LogP) is 1.12. The number of aromatic nitrogens is 3. The minimum Gasteiger partial charge on any atom is -0.481 e. The zero-order chi connectivity index (χ0) is 13.1. The zero-order valence-corrected chi connectivity index (χ0v) is 10.3. The summed E-state index contributed by atoms with van der Waals surface area (Å²) >= 11 is 0. The molecule has 0 atom stereocenters. The third kappa shape index (κ3) is 2.71. The van der Waals surface area contributed by atoms with E-state index in [4.69, 9.17) is 9.52 Å². The van der Waals surface area contributed by atoms with Gasteiger partial charge in [0, 0.05) is 6.07 Å². The monoisotopic (exact) mass is 248 g/mol. The summed E-state index contributed by atoms with van der Waals surface area (Å²) in [6, 6.07) is 1.81. The fourth-order valence-electron chi connectivity index (χ4n) is 1.45. The number of aryl methyl sites for hydroxylation is 3. The smallest absolute Gasteiger partial charge is 0.309 e. The van der Waals surface area contributed by atoms with Crippen LogP contribution in [0.3, 0.4) is 0 Å². The molecule has 0 saturated heterocycles. The van der Waals surface area contributed by atoms with Crippen molar-refractivity contribution in [3.8, 4) is 11.5 Å². The van der Waals surface area contributed by atoms with E-state index in [1.165, 1.54) is 0 Å². The summed E-state index contributed by atoms with van der Waals surface area (Å²) in [5.41, 5.74) is 1.63. The lowest BCUT2D eigenvalue weighted by molar-refractivity contribution is -0.752. The second-order valence-corrected chi connectivity index (χ2v) is 3.98. The van der Waals surface area contributed by atoms with Crippen molar-refractivity contribution in [2.24, 2.45) is 0 Å². The highest BCUT2D eigenvalue weighted by atomic mass is 16.4. The van der Waals surface area contributed by atoms with Crippen LogP contribution in [-0.4, -0.2) is 21.2 Å². The lowest BCUT2D eigenvalue weighted by Crippen LogP contribution is -2.38. The zero-order valence-electron chi connectivity index (χ0n) is 10.3. The molecule has 0 saturated carbocycles. The van der Waals surface area contributed by atoms with Gasteiger partial charge in [-0.05, 0) is 18.9 Å². The number of hydrogen-bond acceptors (Lipinski definition) is 4. The van der Waals surface area contributed by atoms with Crippen molar-refractivity contribution < 1.29 is 19.0 Å². The molecule has 0 unspecified atom stereocenters. The molecule has 0 bridgehead atoms. The standard InChI is InChI=1S/C12H13N3O3/c1-8-9(2)18-12(14-8)10-3-5-15(13-7-10)6-4-11(16)17/h3,5,7H,4,6H2,1-2H3/p+1. The van der Waals surface area contributed by atoms with Crippen LogP contribution in [0.2, 0.25) is 0 Å². The molecule has 0 spiro atoms. The fourth-order valence-corrected chi connectivity index (χ4v) is 1.45. The number of carboxylic acid groups (broad SMARTS) is 1.